The molecule has 1 amide bonds. The molecule has 0 aliphatic carbocycles. The molecule has 142 valence electrons. The molecule has 1 fully saturated rings. The van der Waals surface area contributed by atoms with Gasteiger partial charge in [0.25, 0.3) is 0 Å². The number of carbonyl (C=O) groups excluding carboxylic acids is 2. The first kappa shape index (κ1) is 20.0. The highest BCUT2D eigenvalue weighted by atomic mass is 16.6. The van der Waals surface area contributed by atoms with Gasteiger partial charge in [0, 0.05) is 12.5 Å². The number of nitrogens with two attached hydrogens (primary N) is 1. The summed E-state index contributed by atoms with van der Waals surface area (Å²) in [6.07, 6.45) is -1.35. The second-order valence-corrected chi connectivity index (χ2v) is 7.70. The van der Waals surface area contributed by atoms with Gasteiger partial charge in [0.2, 0.25) is 0 Å². The third kappa shape index (κ3) is 4.85. The number of nitrogens with zero attached hydrogens (tertiary/aromatic N) is 1. The van der Waals surface area contributed by atoms with Gasteiger partial charge in [-0.25, -0.2) is 4.79 Å². The number of carbonyl (C=O) groups is 2. The van der Waals surface area contributed by atoms with E-state index < -0.39 is 29.7 Å². The van der Waals surface area contributed by atoms with Crippen LogP contribution >= 0.6 is 0 Å². The van der Waals surface area contributed by atoms with Gasteiger partial charge in [0.1, 0.15) is 12.2 Å². The topological polar surface area (TPSA) is 81.9 Å². The average Bonchev–Trinajstić information content (AvgIpc) is 2.90. The molecule has 1 heterocycles. The van der Waals surface area contributed by atoms with Gasteiger partial charge in [-0.1, -0.05) is 42.5 Å². The molecule has 26 heavy (non-hydrogen) atoms. The molecule has 0 bridgehead atoms. The summed E-state index contributed by atoms with van der Waals surface area (Å²) in [7, 11) is 0. The number of likely N-dealkylation sites (tertiary alicyclic amines) is 1. The lowest BCUT2D eigenvalue weighted by atomic mass is 9.89. The summed E-state index contributed by atoms with van der Waals surface area (Å²) in [5.74, 6) is -1.34. The fourth-order valence-corrected chi connectivity index (χ4v) is 3.01. The summed E-state index contributed by atoms with van der Waals surface area (Å²) in [6, 6.07) is 9.39. The summed E-state index contributed by atoms with van der Waals surface area (Å²) in [6.45, 7) is 11.6. The Hall–Kier alpha value is -2.34. The number of hydrogen-bond donors (Lipinski definition) is 1. The van der Waals surface area contributed by atoms with Gasteiger partial charge in [-0.15, -0.1) is 0 Å². The number of rotatable bonds is 4. The van der Waals surface area contributed by atoms with E-state index in [0.717, 1.165) is 11.1 Å². The minimum absolute atomic E-state index is 0.151. The molecule has 0 aromatic heterocycles. The Morgan fingerprint density at radius 1 is 1.27 bits per heavy atom. The Balaban J connectivity index is 2.09. The first-order valence-corrected chi connectivity index (χ1v) is 8.71. The third-order valence-corrected chi connectivity index (χ3v) is 4.31. The maximum atomic E-state index is 12.6. The molecule has 2 unspecified atom stereocenters. The average molecular weight is 360 g/mol. The Kier molecular flexibility index (Phi) is 6.08. The molecular formula is C20H28N2O4. The molecule has 6 heteroatoms. The Morgan fingerprint density at radius 3 is 2.42 bits per heavy atom. The predicted molar refractivity (Wildman–Crippen MR) is 98.9 cm³/mol. The second kappa shape index (κ2) is 7.91. The minimum atomic E-state index is -0.810. The van der Waals surface area contributed by atoms with Gasteiger partial charge in [0.05, 0.1) is 12.1 Å². The van der Waals surface area contributed by atoms with Crippen molar-refractivity contribution in [2.75, 3.05) is 6.54 Å². The maximum absolute atomic E-state index is 12.6. The molecule has 0 radical (unpaired) electrons. The van der Waals surface area contributed by atoms with Crippen molar-refractivity contribution in [3.05, 3.63) is 48.0 Å². The summed E-state index contributed by atoms with van der Waals surface area (Å²) in [5.41, 5.74) is 7.27. The lowest BCUT2D eigenvalue weighted by molar-refractivity contribution is -0.161. The molecule has 6 nitrogen and oxygen atoms in total. The van der Waals surface area contributed by atoms with Gasteiger partial charge >= 0.3 is 12.1 Å². The monoisotopic (exact) mass is 360 g/mol. The summed E-state index contributed by atoms with van der Waals surface area (Å²) in [4.78, 5) is 26.5. The van der Waals surface area contributed by atoms with Crippen LogP contribution < -0.4 is 5.73 Å². The fraction of sp³-hybridized carbons (Fsp3) is 0.500. The van der Waals surface area contributed by atoms with E-state index in [0.29, 0.717) is 0 Å². The van der Waals surface area contributed by atoms with E-state index in [4.69, 9.17) is 15.2 Å². The van der Waals surface area contributed by atoms with Crippen LogP contribution in [-0.2, 0) is 20.9 Å². The molecule has 2 rings (SSSR count). The van der Waals surface area contributed by atoms with E-state index in [1.807, 2.05) is 37.3 Å². The number of hydrogen-bond acceptors (Lipinski definition) is 5. The van der Waals surface area contributed by atoms with E-state index in [-0.39, 0.29) is 19.1 Å². The van der Waals surface area contributed by atoms with Crippen LogP contribution in [0.5, 0.6) is 0 Å². The predicted octanol–water partition coefficient (Wildman–Crippen LogP) is 3.07. The maximum Gasteiger partial charge on any atom is 0.411 e. The van der Waals surface area contributed by atoms with Gasteiger partial charge < -0.3 is 15.2 Å². The van der Waals surface area contributed by atoms with Crippen molar-refractivity contribution in [1.29, 1.82) is 0 Å². The SMILES string of the molecule is C=C(C)C1CN(C(=O)OCc2ccccc2)C(N)[C@H]1C(=O)OC(C)(C)C. The molecular weight excluding hydrogens is 332 g/mol. The molecule has 0 saturated carbocycles. The standard InChI is InChI=1S/C20H28N2O4/c1-13(2)15-11-22(17(21)16(15)18(23)26-20(3,4)5)19(24)25-12-14-9-7-6-8-10-14/h6-10,15-17H,1,11-12,21H2,2-5H3/t15?,16-,17?/m0/s1. The number of ether oxygens (including phenoxy) is 2. The van der Waals surface area contributed by atoms with Crippen LogP contribution in [0.4, 0.5) is 4.79 Å². The highest BCUT2D eigenvalue weighted by Crippen LogP contribution is 2.34. The zero-order chi connectivity index (χ0) is 19.5. The lowest BCUT2D eigenvalue weighted by Gasteiger charge is -2.27. The molecule has 1 aliphatic heterocycles. The third-order valence-electron chi connectivity index (χ3n) is 4.31. The van der Waals surface area contributed by atoms with E-state index in [9.17, 15) is 9.59 Å². The Bertz CT molecular complexity index is 666. The number of benzene rings is 1. The first-order valence-electron chi connectivity index (χ1n) is 8.71. The van der Waals surface area contributed by atoms with E-state index in [1.54, 1.807) is 20.8 Å². The molecule has 0 spiro atoms. The van der Waals surface area contributed by atoms with Crippen LogP contribution in [0.2, 0.25) is 0 Å². The van der Waals surface area contributed by atoms with Crippen molar-refractivity contribution >= 4 is 12.1 Å². The quantitative estimate of drug-likeness (QED) is 0.659. The van der Waals surface area contributed by atoms with Crippen molar-refractivity contribution < 1.29 is 19.1 Å². The smallest absolute Gasteiger partial charge is 0.411 e. The van der Waals surface area contributed by atoms with Gasteiger partial charge in [-0.2, -0.15) is 0 Å². The molecule has 1 aromatic carbocycles. The van der Waals surface area contributed by atoms with E-state index >= 15 is 0 Å². The van der Waals surface area contributed by atoms with Crippen LogP contribution in [0, 0.1) is 11.8 Å². The molecule has 3 atom stereocenters. The Morgan fingerprint density at radius 2 is 1.88 bits per heavy atom. The normalized spacial score (nSPS) is 22.8. The first-order chi connectivity index (χ1) is 12.1. The fourth-order valence-electron chi connectivity index (χ4n) is 3.01. The second-order valence-electron chi connectivity index (χ2n) is 7.70. The van der Waals surface area contributed by atoms with Crippen LogP contribution in [-0.4, -0.2) is 35.3 Å². The van der Waals surface area contributed by atoms with Crippen molar-refractivity contribution in [3.8, 4) is 0 Å². The lowest BCUT2D eigenvalue weighted by Crippen LogP contribution is -2.47. The summed E-state index contributed by atoms with van der Waals surface area (Å²) >= 11 is 0. The van der Waals surface area contributed by atoms with Crippen molar-refractivity contribution in [3.63, 3.8) is 0 Å². The van der Waals surface area contributed by atoms with Crippen LogP contribution in [0.15, 0.2) is 42.5 Å². The van der Waals surface area contributed by atoms with Crippen molar-refractivity contribution in [2.24, 2.45) is 17.6 Å². The highest BCUT2D eigenvalue weighted by Gasteiger charge is 2.48. The summed E-state index contributed by atoms with van der Waals surface area (Å²) < 4.78 is 10.9. The number of amides is 1. The minimum Gasteiger partial charge on any atom is -0.460 e. The Labute approximate surface area is 154 Å². The highest BCUT2D eigenvalue weighted by molar-refractivity contribution is 5.78. The molecule has 2 N–H and O–H groups in total. The zero-order valence-electron chi connectivity index (χ0n) is 15.9. The molecule has 1 aromatic rings. The zero-order valence-corrected chi connectivity index (χ0v) is 15.9. The van der Waals surface area contributed by atoms with E-state index in [1.165, 1.54) is 4.90 Å². The van der Waals surface area contributed by atoms with E-state index in [2.05, 4.69) is 6.58 Å². The van der Waals surface area contributed by atoms with Gasteiger partial charge in [0.15, 0.2) is 0 Å². The number of esters is 1. The van der Waals surface area contributed by atoms with Crippen LogP contribution in [0.1, 0.15) is 33.3 Å². The summed E-state index contributed by atoms with van der Waals surface area (Å²) in [5, 5.41) is 0. The van der Waals surface area contributed by atoms with Crippen LogP contribution in [0.25, 0.3) is 0 Å². The van der Waals surface area contributed by atoms with Crippen LogP contribution in [0.3, 0.4) is 0 Å². The van der Waals surface area contributed by atoms with Gasteiger partial charge in [-0.05, 0) is 33.3 Å². The van der Waals surface area contributed by atoms with Crippen molar-refractivity contribution in [1.82, 2.24) is 4.90 Å². The molecule has 1 aliphatic rings. The van der Waals surface area contributed by atoms with Gasteiger partial charge in [-0.3, -0.25) is 9.69 Å². The van der Waals surface area contributed by atoms with Crippen molar-refractivity contribution in [2.45, 2.75) is 46.1 Å². The molecule has 1 saturated heterocycles. The largest absolute Gasteiger partial charge is 0.460 e.